The predicted molar refractivity (Wildman–Crippen MR) is 74.4 cm³/mol. The lowest BCUT2D eigenvalue weighted by Gasteiger charge is -2.17. The van der Waals surface area contributed by atoms with Gasteiger partial charge in [0, 0.05) is 24.7 Å². The molecule has 0 aliphatic carbocycles. The smallest absolute Gasteiger partial charge is 0.241 e. The fourth-order valence-corrected chi connectivity index (χ4v) is 1.74. The molecule has 1 N–H and O–H groups in total. The zero-order valence-electron chi connectivity index (χ0n) is 11.0. The molecule has 0 aliphatic rings. The highest BCUT2D eigenvalue weighted by Gasteiger charge is 2.09. The fraction of sp³-hybridized carbons (Fsp3) is 0.462. The van der Waals surface area contributed by atoms with Crippen molar-refractivity contribution in [3.63, 3.8) is 0 Å². The summed E-state index contributed by atoms with van der Waals surface area (Å²) in [7, 11) is 3.37. The number of hydrogen-bond donors (Lipinski definition) is 1. The minimum Gasteiger partial charge on any atom is -0.495 e. The number of methoxy groups -OCH3 is 1. The van der Waals surface area contributed by atoms with E-state index in [1.165, 1.54) is 0 Å². The SMILES string of the molecule is CCCN(C)C(=O)CNc1ccc(Cl)cc1OC. The fourth-order valence-electron chi connectivity index (χ4n) is 1.58. The Bertz CT molecular complexity index is 410. The maximum Gasteiger partial charge on any atom is 0.241 e. The Labute approximate surface area is 113 Å². The number of benzene rings is 1. The Hall–Kier alpha value is -1.42. The van der Waals surface area contributed by atoms with Crippen molar-refractivity contribution in [2.75, 3.05) is 32.6 Å². The van der Waals surface area contributed by atoms with E-state index in [0.717, 1.165) is 18.7 Å². The molecule has 0 fully saturated rings. The molecule has 0 spiro atoms. The predicted octanol–water partition coefficient (Wildman–Crippen LogP) is 2.63. The van der Waals surface area contributed by atoms with Crippen LogP contribution in [0, 0.1) is 0 Å². The monoisotopic (exact) mass is 270 g/mol. The highest BCUT2D eigenvalue weighted by atomic mass is 35.5. The van der Waals surface area contributed by atoms with Gasteiger partial charge in [0.25, 0.3) is 0 Å². The first-order valence-corrected chi connectivity index (χ1v) is 6.27. The van der Waals surface area contributed by atoms with Crippen molar-refractivity contribution >= 4 is 23.2 Å². The Kier molecular flexibility index (Phi) is 5.78. The highest BCUT2D eigenvalue weighted by Crippen LogP contribution is 2.27. The van der Waals surface area contributed by atoms with E-state index < -0.39 is 0 Å². The molecular formula is C13H19ClN2O2. The molecule has 1 amide bonds. The zero-order chi connectivity index (χ0) is 13.5. The molecular weight excluding hydrogens is 252 g/mol. The summed E-state index contributed by atoms with van der Waals surface area (Å²) in [5.41, 5.74) is 0.764. The van der Waals surface area contributed by atoms with Gasteiger partial charge in [-0.05, 0) is 18.6 Å². The number of ether oxygens (including phenoxy) is 1. The number of carbonyl (C=O) groups is 1. The van der Waals surface area contributed by atoms with E-state index in [1.54, 1.807) is 37.3 Å². The summed E-state index contributed by atoms with van der Waals surface area (Å²) < 4.78 is 5.19. The van der Waals surface area contributed by atoms with Crippen LogP contribution in [0.25, 0.3) is 0 Å². The first-order valence-electron chi connectivity index (χ1n) is 5.89. The van der Waals surface area contributed by atoms with Crippen molar-refractivity contribution in [3.05, 3.63) is 23.2 Å². The average molecular weight is 271 g/mol. The average Bonchev–Trinajstić information content (AvgIpc) is 2.37. The second-order valence-electron chi connectivity index (χ2n) is 4.01. The number of halogens is 1. The van der Waals surface area contributed by atoms with Crippen molar-refractivity contribution in [2.45, 2.75) is 13.3 Å². The number of nitrogens with one attached hydrogen (secondary N) is 1. The molecule has 0 unspecified atom stereocenters. The summed E-state index contributed by atoms with van der Waals surface area (Å²) in [4.78, 5) is 13.5. The van der Waals surface area contributed by atoms with E-state index in [0.29, 0.717) is 10.8 Å². The van der Waals surface area contributed by atoms with Crippen molar-refractivity contribution in [1.29, 1.82) is 0 Å². The molecule has 4 nitrogen and oxygen atoms in total. The van der Waals surface area contributed by atoms with Gasteiger partial charge in [-0.3, -0.25) is 4.79 Å². The quantitative estimate of drug-likeness (QED) is 0.864. The van der Waals surface area contributed by atoms with Crippen molar-refractivity contribution in [2.24, 2.45) is 0 Å². The van der Waals surface area contributed by atoms with Gasteiger partial charge in [-0.1, -0.05) is 18.5 Å². The molecule has 0 atom stereocenters. The third kappa shape index (κ3) is 4.11. The number of rotatable bonds is 6. The topological polar surface area (TPSA) is 41.6 Å². The summed E-state index contributed by atoms with van der Waals surface area (Å²) in [5.74, 6) is 0.683. The van der Waals surface area contributed by atoms with E-state index in [2.05, 4.69) is 5.32 Å². The maximum atomic E-state index is 11.8. The van der Waals surface area contributed by atoms with Crippen LogP contribution in [0.2, 0.25) is 5.02 Å². The minimum atomic E-state index is 0.0499. The number of hydrogen-bond acceptors (Lipinski definition) is 3. The van der Waals surface area contributed by atoms with E-state index in [9.17, 15) is 4.79 Å². The van der Waals surface area contributed by atoms with E-state index >= 15 is 0 Å². The normalized spacial score (nSPS) is 10.0. The summed E-state index contributed by atoms with van der Waals surface area (Å²) in [6.45, 7) is 3.05. The molecule has 18 heavy (non-hydrogen) atoms. The standard InChI is InChI=1S/C13H19ClN2O2/c1-4-7-16(2)13(17)9-15-11-6-5-10(14)8-12(11)18-3/h5-6,8,15H,4,7,9H2,1-3H3. The summed E-state index contributed by atoms with van der Waals surface area (Å²) in [5, 5.41) is 3.66. The van der Waals surface area contributed by atoms with Crippen LogP contribution < -0.4 is 10.1 Å². The molecule has 1 rings (SSSR count). The lowest BCUT2D eigenvalue weighted by atomic mass is 10.3. The number of anilines is 1. The zero-order valence-corrected chi connectivity index (χ0v) is 11.8. The summed E-state index contributed by atoms with van der Waals surface area (Å²) in [6.07, 6.45) is 0.951. The van der Waals surface area contributed by atoms with Gasteiger partial charge in [0.1, 0.15) is 5.75 Å². The van der Waals surface area contributed by atoms with Crippen LogP contribution in [0.1, 0.15) is 13.3 Å². The second-order valence-corrected chi connectivity index (χ2v) is 4.45. The van der Waals surface area contributed by atoms with Crippen molar-refractivity contribution < 1.29 is 9.53 Å². The molecule has 0 aliphatic heterocycles. The van der Waals surface area contributed by atoms with E-state index in [4.69, 9.17) is 16.3 Å². The molecule has 0 bridgehead atoms. The van der Waals surface area contributed by atoms with Crippen LogP contribution in [-0.4, -0.2) is 38.1 Å². The van der Waals surface area contributed by atoms with Crippen LogP contribution >= 0.6 is 11.6 Å². The highest BCUT2D eigenvalue weighted by molar-refractivity contribution is 6.30. The van der Waals surface area contributed by atoms with Crippen LogP contribution in [0.4, 0.5) is 5.69 Å². The second kappa shape index (κ2) is 7.11. The van der Waals surface area contributed by atoms with Crippen LogP contribution in [0.3, 0.4) is 0 Å². The van der Waals surface area contributed by atoms with Gasteiger partial charge in [0.2, 0.25) is 5.91 Å². The molecule has 0 saturated heterocycles. The van der Waals surface area contributed by atoms with Gasteiger partial charge in [-0.2, -0.15) is 0 Å². The van der Waals surface area contributed by atoms with E-state index in [1.807, 2.05) is 6.92 Å². The molecule has 5 heteroatoms. The van der Waals surface area contributed by atoms with E-state index in [-0.39, 0.29) is 12.5 Å². The number of amides is 1. The summed E-state index contributed by atoms with van der Waals surface area (Å²) >= 11 is 5.87. The molecule has 0 radical (unpaired) electrons. The van der Waals surface area contributed by atoms with Crippen molar-refractivity contribution in [3.8, 4) is 5.75 Å². The Morgan fingerprint density at radius 1 is 1.50 bits per heavy atom. The first kappa shape index (κ1) is 14.6. The van der Waals surface area contributed by atoms with Gasteiger partial charge < -0.3 is 15.0 Å². The molecule has 0 aromatic heterocycles. The molecule has 100 valence electrons. The number of carbonyl (C=O) groups excluding carboxylic acids is 1. The lowest BCUT2D eigenvalue weighted by Crippen LogP contribution is -2.32. The van der Waals surface area contributed by atoms with Gasteiger partial charge in [0.15, 0.2) is 0 Å². The molecule has 0 heterocycles. The molecule has 1 aromatic carbocycles. The number of nitrogens with zero attached hydrogens (tertiary/aromatic N) is 1. The first-order chi connectivity index (χ1) is 8.58. The third-order valence-corrected chi connectivity index (χ3v) is 2.81. The Morgan fingerprint density at radius 2 is 2.22 bits per heavy atom. The third-order valence-electron chi connectivity index (χ3n) is 2.58. The van der Waals surface area contributed by atoms with Gasteiger partial charge in [-0.25, -0.2) is 0 Å². The molecule has 0 saturated carbocycles. The van der Waals surface area contributed by atoms with Crippen molar-refractivity contribution in [1.82, 2.24) is 4.90 Å². The van der Waals surface area contributed by atoms with Gasteiger partial charge in [0.05, 0.1) is 19.3 Å². The number of likely N-dealkylation sites (N-methyl/N-ethyl adjacent to an activating group) is 1. The van der Waals surface area contributed by atoms with Crippen LogP contribution in [-0.2, 0) is 4.79 Å². The Balaban J connectivity index is 2.60. The summed E-state index contributed by atoms with van der Waals surface area (Å²) in [6, 6.07) is 5.27. The molecule has 1 aromatic rings. The lowest BCUT2D eigenvalue weighted by molar-refractivity contribution is -0.128. The van der Waals surface area contributed by atoms with Crippen LogP contribution in [0.5, 0.6) is 5.75 Å². The van der Waals surface area contributed by atoms with Gasteiger partial charge in [-0.15, -0.1) is 0 Å². The minimum absolute atomic E-state index is 0.0499. The van der Waals surface area contributed by atoms with Gasteiger partial charge >= 0.3 is 0 Å². The van der Waals surface area contributed by atoms with Crippen LogP contribution in [0.15, 0.2) is 18.2 Å². The maximum absolute atomic E-state index is 11.8. The Morgan fingerprint density at radius 3 is 2.83 bits per heavy atom. The largest absolute Gasteiger partial charge is 0.495 e.